The molecular weight excluding hydrogens is 300 g/mol. The third kappa shape index (κ3) is 3.70. The fraction of sp³-hybridized carbons (Fsp3) is 0.0526. The number of nitrogens with one attached hydrogen (secondary N) is 2. The lowest BCUT2D eigenvalue weighted by atomic mass is 10.2. The second-order valence-electron chi connectivity index (χ2n) is 5.20. The van der Waals surface area contributed by atoms with Gasteiger partial charge < -0.3 is 10.6 Å². The summed E-state index contributed by atoms with van der Waals surface area (Å²) >= 11 is 0. The van der Waals surface area contributed by atoms with Crippen LogP contribution in [0, 0.1) is 0 Å². The minimum absolute atomic E-state index is 0.109. The summed E-state index contributed by atoms with van der Waals surface area (Å²) in [4.78, 5) is 11.9. The first-order valence-corrected chi connectivity index (χ1v) is 7.62. The topological polar surface area (TPSA) is 59.0 Å². The zero-order valence-corrected chi connectivity index (χ0v) is 13.1. The van der Waals surface area contributed by atoms with Crippen molar-refractivity contribution in [2.75, 3.05) is 11.9 Å². The van der Waals surface area contributed by atoms with Crippen molar-refractivity contribution in [2.45, 2.75) is 0 Å². The molecule has 120 valence electrons. The minimum Gasteiger partial charge on any atom is -0.355 e. The van der Waals surface area contributed by atoms with Crippen molar-refractivity contribution in [2.24, 2.45) is 0 Å². The van der Waals surface area contributed by atoms with Gasteiger partial charge in [0.25, 0.3) is 5.91 Å². The lowest BCUT2D eigenvalue weighted by molar-refractivity contribution is 0.0958. The Bertz CT molecular complexity index is 823. The van der Waals surface area contributed by atoms with Crippen LogP contribution in [-0.2, 0) is 0 Å². The summed E-state index contributed by atoms with van der Waals surface area (Å²) in [6.45, 7) is 4.04. The molecule has 0 fully saturated rings. The van der Waals surface area contributed by atoms with Gasteiger partial charge in [-0.15, -0.1) is 6.58 Å². The average Bonchev–Trinajstić information content (AvgIpc) is 3.15. The molecule has 0 saturated carbocycles. The number of benzene rings is 2. The summed E-state index contributed by atoms with van der Waals surface area (Å²) in [6, 6.07) is 17.2. The first-order chi connectivity index (χ1) is 11.8. The molecule has 24 heavy (non-hydrogen) atoms. The fourth-order valence-corrected chi connectivity index (χ4v) is 2.29. The Morgan fingerprint density at radius 2 is 1.96 bits per heavy atom. The van der Waals surface area contributed by atoms with E-state index in [0.29, 0.717) is 12.1 Å². The van der Waals surface area contributed by atoms with E-state index < -0.39 is 0 Å². The van der Waals surface area contributed by atoms with Crippen LogP contribution < -0.4 is 10.6 Å². The molecule has 2 N–H and O–H groups in total. The Morgan fingerprint density at radius 1 is 1.12 bits per heavy atom. The summed E-state index contributed by atoms with van der Waals surface area (Å²) < 4.78 is 1.80. The van der Waals surface area contributed by atoms with Crippen molar-refractivity contribution >= 4 is 17.3 Å². The highest BCUT2D eigenvalue weighted by molar-refractivity contribution is 5.94. The molecule has 2 aromatic carbocycles. The predicted octanol–water partition coefficient (Wildman–Crippen LogP) is 3.53. The highest BCUT2D eigenvalue weighted by Crippen LogP contribution is 2.19. The smallest absolute Gasteiger partial charge is 0.251 e. The zero-order chi connectivity index (χ0) is 16.8. The zero-order valence-electron chi connectivity index (χ0n) is 13.1. The van der Waals surface area contributed by atoms with Gasteiger partial charge in [-0.05, 0) is 48.5 Å². The van der Waals surface area contributed by atoms with Crippen molar-refractivity contribution in [3.63, 3.8) is 0 Å². The van der Waals surface area contributed by atoms with E-state index in [1.807, 2.05) is 48.7 Å². The second kappa shape index (κ2) is 7.28. The number of aromatic nitrogens is 2. The van der Waals surface area contributed by atoms with Gasteiger partial charge in [0.1, 0.15) is 0 Å². The van der Waals surface area contributed by atoms with Gasteiger partial charge in [-0.25, -0.2) is 4.68 Å². The van der Waals surface area contributed by atoms with Crippen molar-refractivity contribution < 1.29 is 4.79 Å². The molecule has 1 amide bonds. The number of hydrogen-bond acceptors (Lipinski definition) is 3. The van der Waals surface area contributed by atoms with Gasteiger partial charge in [0.15, 0.2) is 0 Å². The normalized spacial score (nSPS) is 10.2. The van der Waals surface area contributed by atoms with Crippen LogP contribution in [0.4, 0.5) is 11.4 Å². The molecule has 3 rings (SSSR count). The number of hydrogen-bond donors (Lipinski definition) is 2. The number of nitrogens with zero attached hydrogens (tertiary/aromatic N) is 2. The molecule has 0 saturated heterocycles. The Kier molecular flexibility index (Phi) is 4.72. The second-order valence-corrected chi connectivity index (χ2v) is 5.20. The van der Waals surface area contributed by atoms with E-state index >= 15 is 0 Å². The summed E-state index contributed by atoms with van der Waals surface area (Å²) in [5, 5.41) is 10.3. The van der Waals surface area contributed by atoms with Gasteiger partial charge in [0, 0.05) is 35.9 Å². The van der Waals surface area contributed by atoms with E-state index in [-0.39, 0.29) is 5.91 Å². The van der Waals surface area contributed by atoms with Crippen molar-refractivity contribution in [1.29, 1.82) is 0 Å². The van der Waals surface area contributed by atoms with Gasteiger partial charge in [0.05, 0.1) is 5.69 Å². The Labute approximate surface area is 140 Å². The van der Waals surface area contributed by atoms with Gasteiger partial charge in [-0.1, -0.05) is 12.1 Å². The molecular formula is C19H18N4O. The monoisotopic (exact) mass is 318 g/mol. The van der Waals surface area contributed by atoms with Gasteiger partial charge in [-0.3, -0.25) is 4.79 Å². The maximum Gasteiger partial charge on any atom is 0.251 e. The van der Waals surface area contributed by atoms with Gasteiger partial charge in [0.2, 0.25) is 0 Å². The summed E-state index contributed by atoms with van der Waals surface area (Å²) in [7, 11) is 0. The Morgan fingerprint density at radius 3 is 2.67 bits per heavy atom. The van der Waals surface area contributed by atoms with E-state index in [4.69, 9.17) is 0 Å². The molecule has 0 aliphatic carbocycles. The van der Waals surface area contributed by atoms with Gasteiger partial charge >= 0.3 is 0 Å². The van der Waals surface area contributed by atoms with Crippen LogP contribution >= 0.6 is 0 Å². The Balaban J connectivity index is 1.71. The highest BCUT2D eigenvalue weighted by atomic mass is 16.1. The van der Waals surface area contributed by atoms with E-state index in [9.17, 15) is 4.79 Å². The van der Waals surface area contributed by atoms with E-state index in [2.05, 4.69) is 22.3 Å². The standard InChI is InChI=1S/C19H18N4O/c1-2-11-20-19(24)15-7-9-16(10-8-15)22-17-5-3-6-18(14-17)23-13-4-12-21-23/h2-10,12-14,22H,1,11H2,(H,20,24). The summed E-state index contributed by atoms with van der Waals surface area (Å²) in [6.07, 6.45) is 5.30. The molecule has 3 aromatic rings. The third-order valence-electron chi connectivity index (χ3n) is 3.46. The molecule has 5 heteroatoms. The molecule has 0 bridgehead atoms. The quantitative estimate of drug-likeness (QED) is 0.684. The lowest BCUT2D eigenvalue weighted by Gasteiger charge is -2.09. The molecule has 0 radical (unpaired) electrons. The van der Waals surface area contributed by atoms with Crippen LogP contribution in [0.25, 0.3) is 5.69 Å². The van der Waals surface area contributed by atoms with Gasteiger partial charge in [-0.2, -0.15) is 5.10 Å². The van der Waals surface area contributed by atoms with E-state index in [0.717, 1.165) is 17.1 Å². The highest BCUT2D eigenvalue weighted by Gasteiger charge is 2.04. The number of carbonyl (C=O) groups is 1. The van der Waals surface area contributed by atoms with Crippen molar-refractivity contribution in [3.8, 4) is 5.69 Å². The van der Waals surface area contributed by atoms with Crippen LogP contribution in [0.5, 0.6) is 0 Å². The molecule has 1 heterocycles. The van der Waals surface area contributed by atoms with Crippen LogP contribution in [0.15, 0.2) is 79.6 Å². The van der Waals surface area contributed by atoms with Crippen LogP contribution in [0.3, 0.4) is 0 Å². The first kappa shape index (κ1) is 15.6. The van der Waals surface area contributed by atoms with Crippen LogP contribution in [-0.4, -0.2) is 22.2 Å². The van der Waals surface area contributed by atoms with Crippen LogP contribution in [0.2, 0.25) is 0 Å². The third-order valence-corrected chi connectivity index (χ3v) is 3.46. The van der Waals surface area contributed by atoms with Crippen molar-refractivity contribution in [3.05, 3.63) is 85.2 Å². The van der Waals surface area contributed by atoms with Crippen molar-refractivity contribution in [1.82, 2.24) is 15.1 Å². The SMILES string of the molecule is C=CCNC(=O)c1ccc(Nc2cccc(-n3cccn3)c2)cc1. The Hall–Kier alpha value is -3.34. The first-order valence-electron chi connectivity index (χ1n) is 7.62. The van der Waals surface area contributed by atoms with E-state index in [1.165, 1.54) is 0 Å². The summed E-state index contributed by atoms with van der Waals surface area (Å²) in [5.41, 5.74) is 3.46. The summed E-state index contributed by atoms with van der Waals surface area (Å²) in [5.74, 6) is -0.109. The number of anilines is 2. The number of carbonyl (C=O) groups excluding carboxylic acids is 1. The van der Waals surface area contributed by atoms with E-state index in [1.54, 1.807) is 29.1 Å². The molecule has 0 atom stereocenters. The molecule has 0 spiro atoms. The minimum atomic E-state index is -0.109. The average molecular weight is 318 g/mol. The molecule has 0 aliphatic heterocycles. The largest absolute Gasteiger partial charge is 0.355 e. The molecule has 0 unspecified atom stereocenters. The number of amides is 1. The predicted molar refractivity (Wildman–Crippen MR) is 95.8 cm³/mol. The maximum atomic E-state index is 11.9. The molecule has 5 nitrogen and oxygen atoms in total. The maximum absolute atomic E-state index is 11.9. The lowest BCUT2D eigenvalue weighted by Crippen LogP contribution is -2.22. The number of rotatable bonds is 6. The molecule has 1 aromatic heterocycles. The fourth-order valence-electron chi connectivity index (χ4n) is 2.29. The molecule has 0 aliphatic rings. The van der Waals surface area contributed by atoms with Crippen LogP contribution in [0.1, 0.15) is 10.4 Å².